The van der Waals surface area contributed by atoms with Gasteiger partial charge in [0, 0.05) is 56.5 Å². The molecule has 0 unspecified atom stereocenters. The van der Waals surface area contributed by atoms with Crippen molar-refractivity contribution in [3.05, 3.63) is 48.8 Å². The van der Waals surface area contributed by atoms with Crippen molar-refractivity contribution < 1.29 is 4.79 Å². The van der Waals surface area contributed by atoms with E-state index in [1.54, 1.807) is 24.7 Å². The van der Waals surface area contributed by atoms with Crippen molar-refractivity contribution in [2.75, 3.05) is 33.2 Å². The van der Waals surface area contributed by atoms with Crippen LogP contribution in [0.4, 0.5) is 0 Å². The van der Waals surface area contributed by atoms with E-state index in [4.69, 9.17) is 0 Å². The number of imidazole rings is 1. The largest absolute Gasteiger partial charge is 0.335 e. The predicted molar refractivity (Wildman–Crippen MR) is 89.6 cm³/mol. The van der Waals surface area contributed by atoms with Crippen LogP contribution in [0.5, 0.6) is 0 Å². The van der Waals surface area contributed by atoms with Crippen LogP contribution < -0.4 is 0 Å². The normalized spacial score (nSPS) is 15.8. The van der Waals surface area contributed by atoms with Gasteiger partial charge >= 0.3 is 0 Å². The summed E-state index contributed by atoms with van der Waals surface area (Å²) in [4.78, 5) is 29.5. The Morgan fingerprint density at radius 2 is 1.88 bits per heavy atom. The van der Waals surface area contributed by atoms with Crippen LogP contribution in [0.2, 0.25) is 0 Å². The van der Waals surface area contributed by atoms with Crippen molar-refractivity contribution in [3.63, 3.8) is 0 Å². The maximum atomic E-state index is 12.5. The number of hydrogen-bond donors (Lipinski definition) is 0. The van der Waals surface area contributed by atoms with E-state index in [1.165, 1.54) is 0 Å². The molecule has 0 bridgehead atoms. The minimum absolute atomic E-state index is 0.00679. The van der Waals surface area contributed by atoms with Crippen LogP contribution in [0.25, 0.3) is 16.9 Å². The second kappa shape index (κ2) is 6.01. The van der Waals surface area contributed by atoms with Gasteiger partial charge in [-0.15, -0.1) is 0 Å². The number of nitrogens with zero attached hydrogens (tertiary/aromatic N) is 6. The minimum Gasteiger partial charge on any atom is -0.335 e. The molecule has 24 heavy (non-hydrogen) atoms. The number of likely N-dealkylation sites (N-methyl/N-ethyl adjacent to an activating group) is 1. The van der Waals surface area contributed by atoms with Gasteiger partial charge in [0.25, 0.3) is 5.91 Å². The first-order valence-corrected chi connectivity index (χ1v) is 7.94. The Bertz CT molecular complexity index is 864. The molecular formula is C17H18N6O. The molecule has 4 rings (SSSR count). The Morgan fingerprint density at radius 3 is 2.62 bits per heavy atom. The van der Waals surface area contributed by atoms with Gasteiger partial charge in [-0.3, -0.25) is 14.8 Å². The van der Waals surface area contributed by atoms with Gasteiger partial charge in [-0.05, 0) is 19.2 Å². The summed E-state index contributed by atoms with van der Waals surface area (Å²) in [6, 6.07) is 3.66. The number of carbonyl (C=O) groups excluding carboxylic acids is 1. The van der Waals surface area contributed by atoms with E-state index < -0.39 is 0 Å². The van der Waals surface area contributed by atoms with Gasteiger partial charge in [-0.25, -0.2) is 4.98 Å². The standard InChI is InChI=1S/C17H18N6O/c1-21-6-8-22(9-7-21)17(24)14-3-2-13(10-19-14)15-12-23-5-4-18-16(23)11-20-15/h2-5,10-12H,6-9H2,1H3. The summed E-state index contributed by atoms with van der Waals surface area (Å²) >= 11 is 0. The van der Waals surface area contributed by atoms with Crippen LogP contribution in [0.3, 0.4) is 0 Å². The monoisotopic (exact) mass is 322 g/mol. The van der Waals surface area contributed by atoms with Gasteiger partial charge in [0.05, 0.1) is 11.9 Å². The molecule has 0 atom stereocenters. The SMILES string of the molecule is CN1CCN(C(=O)c2ccc(-c3cn4ccnc4cn3)cn2)CC1. The van der Waals surface area contributed by atoms with Crippen LogP contribution >= 0.6 is 0 Å². The lowest BCUT2D eigenvalue weighted by Gasteiger charge is -2.32. The highest BCUT2D eigenvalue weighted by Crippen LogP contribution is 2.17. The van der Waals surface area contributed by atoms with Crippen molar-refractivity contribution in [3.8, 4) is 11.3 Å². The topological polar surface area (TPSA) is 66.6 Å². The van der Waals surface area contributed by atoms with Crippen LogP contribution in [0.15, 0.2) is 43.1 Å². The minimum atomic E-state index is -0.00679. The molecule has 1 fully saturated rings. The molecule has 0 aromatic carbocycles. The zero-order valence-corrected chi connectivity index (χ0v) is 13.5. The van der Waals surface area contributed by atoms with E-state index in [0.29, 0.717) is 5.69 Å². The van der Waals surface area contributed by atoms with Crippen LogP contribution in [-0.4, -0.2) is 68.3 Å². The number of amides is 1. The molecule has 0 spiro atoms. The van der Waals surface area contributed by atoms with E-state index in [2.05, 4.69) is 26.9 Å². The maximum Gasteiger partial charge on any atom is 0.272 e. The van der Waals surface area contributed by atoms with Crippen LogP contribution in [0, 0.1) is 0 Å². The zero-order chi connectivity index (χ0) is 16.5. The molecule has 4 heterocycles. The van der Waals surface area contributed by atoms with Crippen molar-refractivity contribution in [1.82, 2.24) is 29.2 Å². The fourth-order valence-electron chi connectivity index (χ4n) is 2.82. The second-order valence-electron chi connectivity index (χ2n) is 5.99. The van der Waals surface area contributed by atoms with Gasteiger partial charge in [-0.1, -0.05) is 0 Å². The number of aromatic nitrogens is 4. The molecule has 1 saturated heterocycles. The number of hydrogen-bond acceptors (Lipinski definition) is 5. The summed E-state index contributed by atoms with van der Waals surface area (Å²) in [6.07, 6.45) is 8.93. The van der Waals surface area contributed by atoms with Gasteiger partial charge in [0.1, 0.15) is 5.69 Å². The Kier molecular flexibility index (Phi) is 3.70. The van der Waals surface area contributed by atoms with Crippen molar-refractivity contribution in [2.45, 2.75) is 0 Å². The third-order valence-corrected chi connectivity index (χ3v) is 4.35. The van der Waals surface area contributed by atoms with E-state index in [0.717, 1.165) is 43.1 Å². The summed E-state index contributed by atoms with van der Waals surface area (Å²) in [5.41, 5.74) is 2.95. The summed E-state index contributed by atoms with van der Waals surface area (Å²) < 4.78 is 1.91. The van der Waals surface area contributed by atoms with Gasteiger partial charge in [-0.2, -0.15) is 0 Å². The molecule has 0 aliphatic carbocycles. The Labute approximate surface area is 139 Å². The quantitative estimate of drug-likeness (QED) is 0.709. The number of pyridine rings is 1. The molecule has 3 aromatic rings. The smallest absolute Gasteiger partial charge is 0.272 e. The highest BCUT2D eigenvalue weighted by Gasteiger charge is 2.21. The first-order chi connectivity index (χ1) is 11.7. The second-order valence-corrected chi connectivity index (χ2v) is 5.99. The van der Waals surface area contributed by atoms with E-state index in [1.807, 2.05) is 27.8 Å². The average molecular weight is 322 g/mol. The summed E-state index contributed by atoms with van der Waals surface area (Å²) in [5, 5.41) is 0. The molecule has 3 aromatic heterocycles. The molecule has 0 radical (unpaired) electrons. The highest BCUT2D eigenvalue weighted by atomic mass is 16.2. The molecular weight excluding hydrogens is 304 g/mol. The predicted octanol–water partition coefficient (Wildman–Crippen LogP) is 1.18. The fraction of sp³-hybridized carbons (Fsp3) is 0.294. The number of fused-ring (bicyclic) bond motifs is 1. The Hall–Kier alpha value is -2.80. The zero-order valence-electron chi connectivity index (χ0n) is 13.5. The van der Waals surface area contributed by atoms with Gasteiger partial charge in [0.15, 0.2) is 5.65 Å². The molecule has 1 aliphatic heterocycles. The van der Waals surface area contributed by atoms with Crippen molar-refractivity contribution in [2.24, 2.45) is 0 Å². The number of rotatable bonds is 2. The Morgan fingerprint density at radius 1 is 1.04 bits per heavy atom. The summed E-state index contributed by atoms with van der Waals surface area (Å²) in [5.74, 6) is -0.00679. The van der Waals surface area contributed by atoms with Crippen LogP contribution in [0.1, 0.15) is 10.5 Å². The summed E-state index contributed by atoms with van der Waals surface area (Å²) in [7, 11) is 2.07. The summed E-state index contributed by atoms with van der Waals surface area (Å²) in [6.45, 7) is 3.30. The van der Waals surface area contributed by atoms with Crippen LogP contribution in [-0.2, 0) is 0 Å². The first-order valence-electron chi connectivity index (χ1n) is 7.94. The fourth-order valence-corrected chi connectivity index (χ4v) is 2.82. The van der Waals surface area contributed by atoms with Gasteiger partial charge < -0.3 is 14.2 Å². The van der Waals surface area contributed by atoms with Crippen molar-refractivity contribution in [1.29, 1.82) is 0 Å². The average Bonchev–Trinajstić information content (AvgIpc) is 3.09. The van der Waals surface area contributed by atoms with Crippen molar-refractivity contribution >= 4 is 11.6 Å². The number of carbonyl (C=O) groups is 1. The molecule has 122 valence electrons. The first kappa shape index (κ1) is 14.8. The molecule has 7 nitrogen and oxygen atoms in total. The van der Waals surface area contributed by atoms with E-state index in [9.17, 15) is 4.79 Å². The van der Waals surface area contributed by atoms with E-state index in [-0.39, 0.29) is 5.91 Å². The molecule has 0 N–H and O–H groups in total. The lowest BCUT2D eigenvalue weighted by atomic mass is 10.2. The maximum absolute atomic E-state index is 12.5. The van der Waals surface area contributed by atoms with Gasteiger partial charge in [0.2, 0.25) is 0 Å². The lowest BCUT2D eigenvalue weighted by Crippen LogP contribution is -2.47. The Balaban J connectivity index is 1.54. The molecule has 1 amide bonds. The third-order valence-electron chi connectivity index (χ3n) is 4.35. The molecule has 0 saturated carbocycles. The highest BCUT2D eigenvalue weighted by molar-refractivity contribution is 5.92. The van der Waals surface area contributed by atoms with E-state index >= 15 is 0 Å². The lowest BCUT2D eigenvalue weighted by molar-refractivity contribution is 0.0658. The number of piperazine rings is 1. The third kappa shape index (κ3) is 2.74. The molecule has 7 heteroatoms. The molecule has 1 aliphatic rings.